The van der Waals surface area contributed by atoms with Gasteiger partial charge in [-0.3, -0.25) is 14.4 Å². The first-order valence-electron chi connectivity index (χ1n) is 8.72. The maximum Gasteiger partial charge on any atom is 0.306 e. The molecule has 6 nitrogen and oxygen atoms in total. The van der Waals surface area contributed by atoms with Gasteiger partial charge in [0.1, 0.15) is 5.75 Å². The van der Waals surface area contributed by atoms with Crippen LogP contribution in [0.1, 0.15) is 28.8 Å². The minimum absolute atomic E-state index is 0.0488. The molecule has 0 bridgehead atoms. The van der Waals surface area contributed by atoms with Gasteiger partial charge in [-0.2, -0.15) is 0 Å². The summed E-state index contributed by atoms with van der Waals surface area (Å²) < 4.78 is 9.99. The molecule has 0 aliphatic rings. The van der Waals surface area contributed by atoms with Crippen molar-refractivity contribution in [3.63, 3.8) is 0 Å². The van der Waals surface area contributed by atoms with Crippen molar-refractivity contribution in [2.24, 2.45) is 0 Å². The van der Waals surface area contributed by atoms with Crippen molar-refractivity contribution >= 4 is 17.7 Å². The molecule has 2 aromatic carbocycles. The van der Waals surface area contributed by atoms with Gasteiger partial charge in [-0.1, -0.05) is 42.5 Å². The largest absolute Gasteiger partial charge is 0.497 e. The molecule has 0 radical (unpaired) electrons. The van der Waals surface area contributed by atoms with Crippen LogP contribution >= 0.6 is 0 Å². The van der Waals surface area contributed by atoms with Gasteiger partial charge in [0.15, 0.2) is 12.4 Å². The van der Waals surface area contributed by atoms with Crippen LogP contribution in [0.15, 0.2) is 54.6 Å². The predicted molar refractivity (Wildman–Crippen MR) is 101 cm³/mol. The number of esters is 1. The van der Waals surface area contributed by atoms with Crippen LogP contribution in [-0.2, 0) is 20.7 Å². The molecule has 2 aromatic rings. The molecule has 0 aromatic heterocycles. The van der Waals surface area contributed by atoms with E-state index >= 15 is 0 Å². The summed E-state index contributed by atoms with van der Waals surface area (Å²) in [6.07, 6.45) is 0.671. The summed E-state index contributed by atoms with van der Waals surface area (Å²) in [5, 5.41) is 2.69. The first kappa shape index (κ1) is 20.2. The monoisotopic (exact) mass is 369 g/mol. The molecule has 27 heavy (non-hydrogen) atoms. The Bertz CT molecular complexity index is 756. The van der Waals surface area contributed by atoms with Crippen LogP contribution in [0.4, 0.5) is 0 Å². The number of Topliss-reactive ketones (excluding diaryl/α,β-unsaturated/α-hetero) is 1. The third kappa shape index (κ3) is 7.32. The zero-order valence-electron chi connectivity index (χ0n) is 15.3. The van der Waals surface area contributed by atoms with Crippen LogP contribution in [0.25, 0.3) is 0 Å². The lowest BCUT2D eigenvalue weighted by atomic mass is 10.1. The number of hydrogen-bond acceptors (Lipinski definition) is 5. The molecule has 0 spiro atoms. The Morgan fingerprint density at radius 1 is 0.926 bits per heavy atom. The molecule has 0 fully saturated rings. The molecule has 0 aliphatic carbocycles. The number of ketones is 1. The fourth-order valence-corrected chi connectivity index (χ4v) is 2.39. The zero-order valence-corrected chi connectivity index (χ0v) is 15.3. The molecule has 0 saturated carbocycles. The summed E-state index contributed by atoms with van der Waals surface area (Å²) in [5.41, 5.74) is 1.62. The van der Waals surface area contributed by atoms with Gasteiger partial charge in [-0.25, -0.2) is 0 Å². The Labute approximate surface area is 158 Å². The van der Waals surface area contributed by atoms with E-state index in [1.807, 2.05) is 30.3 Å². The lowest BCUT2D eigenvalue weighted by Gasteiger charge is -2.07. The molecule has 0 aliphatic heterocycles. The van der Waals surface area contributed by atoms with Crippen molar-refractivity contribution in [3.8, 4) is 5.75 Å². The lowest BCUT2D eigenvalue weighted by Crippen LogP contribution is -2.30. The highest BCUT2D eigenvalue weighted by Crippen LogP contribution is 2.11. The highest BCUT2D eigenvalue weighted by atomic mass is 16.5. The smallest absolute Gasteiger partial charge is 0.306 e. The molecule has 0 heterocycles. The van der Waals surface area contributed by atoms with E-state index in [9.17, 15) is 14.4 Å². The van der Waals surface area contributed by atoms with Crippen molar-refractivity contribution in [2.45, 2.75) is 19.3 Å². The summed E-state index contributed by atoms with van der Waals surface area (Å²) in [6, 6.07) is 16.3. The van der Waals surface area contributed by atoms with E-state index in [1.54, 1.807) is 31.4 Å². The van der Waals surface area contributed by atoms with Gasteiger partial charge in [0.2, 0.25) is 0 Å². The minimum atomic E-state index is -0.565. The quantitative estimate of drug-likeness (QED) is 0.514. The third-order valence-electron chi connectivity index (χ3n) is 3.91. The van der Waals surface area contributed by atoms with Crippen LogP contribution in [0.2, 0.25) is 0 Å². The minimum Gasteiger partial charge on any atom is -0.497 e. The average Bonchev–Trinajstić information content (AvgIpc) is 2.71. The summed E-state index contributed by atoms with van der Waals surface area (Å²) in [6.45, 7) is 0.0934. The van der Waals surface area contributed by atoms with Gasteiger partial charge < -0.3 is 14.8 Å². The fourth-order valence-electron chi connectivity index (χ4n) is 2.39. The Balaban J connectivity index is 1.60. The molecule has 1 amide bonds. The van der Waals surface area contributed by atoms with Gasteiger partial charge in [0.25, 0.3) is 5.91 Å². The SMILES string of the molecule is COc1ccc(CCNC(=O)COC(=O)CCC(=O)c2ccccc2)cc1. The van der Waals surface area contributed by atoms with Crippen molar-refractivity contribution < 1.29 is 23.9 Å². The standard InChI is InChI=1S/C21H23NO5/c1-26-18-9-7-16(8-10-18)13-14-22-20(24)15-27-21(25)12-11-19(23)17-5-3-2-4-6-17/h2-10H,11-15H2,1H3,(H,22,24). The number of ether oxygens (including phenoxy) is 2. The van der Waals surface area contributed by atoms with Crippen LogP contribution in [0.3, 0.4) is 0 Å². The third-order valence-corrected chi connectivity index (χ3v) is 3.91. The normalized spacial score (nSPS) is 10.1. The van der Waals surface area contributed by atoms with Gasteiger partial charge in [0.05, 0.1) is 13.5 Å². The van der Waals surface area contributed by atoms with E-state index in [-0.39, 0.29) is 31.1 Å². The molecule has 0 unspecified atom stereocenters. The van der Waals surface area contributed by atoms with Crippen molar-refractivity contribution in [3.05, 3.63) is 65.7 Å². The van der Waals surface area contributed by atoms with Crippen LogP contribution in [-0.4, -0.2) is 37.9 Å². The maximum absolute atomic E-state index is 11.9. The number of rotatable bonds is 10. The Hall–Kier alpha value is -3.15. The molecule has 0 saturated heterocycles. The Morgan fingerprint density at radius 3 is 2.30 bits per heavy atom. The second-order valence-corrected chi connectivity index (χ2v) is 5.90. The Morgan fingerprint density at radius 2 is 1.63 bits per heavy atom. The molecular formula is C21H23NO5. The Kier molecular flexibility index (Phi) is 8.03. The molecular weight excluding hydrogens is 346 g/mol. The van der Waals surface area contributed by atoms with Gasteiger partial charge in [0, 0.05) is 18.5 Å². The van der Waals surface area contributed by atoms with Crippen LogP contribution < -0.4 is 10.1 Å². The number of nitrogens with one attached hydrogen (secondary N) is 1. The van der Waals surface area contributed by atoms with Gasteiger partial charge >= 0.3 is 5.97 Å². The van der Waals surface area contributed by atoms with Crippen molar-refractivity contribution in [1.82, 2.24) is 5.32 Å². The molecule has 1 N–H and O–H groups in total. The van der Waals surface area contributed by atoms with E-state index in [1.165, 1.54) is 0 Å². The summed E-state index contributed by atoms with van der Waals surface area (Å²) in [5.74, 6) is -0.284. The highest BCUT2D eigenvalue weighted by Gasteiger charge is 2.11. The summed E-state index contributed by atoms with van der Waals surface area (Å²) in [4.78, 5) is 35.3. The van der Waals surface area contributed by atoms with Crippen molar-refractivity contribution in [2.75, 3.05) is 20.3 Å². The van der Waals surface area contributed by atoms with Gasteiger partial charge in [-0.15, -0.1) is 0 Å². The van der Waals surface area contributed by atoms with E-state index in [4.69, 9.17) is 9.47 Å². The summed E-state index contributed by atoms with van der Waals surface area (Å²) in [7, 11) is 1.61. The molecule has 142 valence electrons. The molecule has 6 heteroatoms. The second kappa shape index (κ2) is 10.8. The number of methoxy groups -OCH3 is 1. The van der Waals surface area contributed by atoms with Gasteiger partial charge in [-0.05, 0) is 24.1 Å². The number of carbonyl (C=O) groups excluding carboxylic acids is 3. The first-order chi connectivity index (χ1) is 13.1. The lowest BCUT2D eigenvalue weighted by molar-refractivity contribution is -0.148. The molecule has 2 rings (SSSR count). The van der Waals surface area contributed by atoms with Crippen LogP contribution in [0, 0.1) is 0 Å². The second-order valence-electron chi connectivity index (χ2n) is 5.90. The van der Waals surface area contributed by atoms with Crippen LogP contribution in [0.5, 0.6) is 5.75 Å². The predicted octanol–water partition coefficient (Wildman–Crippen LogP) is 2.56. The van der Waals surface area contributed by atoms with E-state index in [0.29, 0.717) is 18.5 Å². The number of amides is 1. The zero-order chi connectivity index (χ0) is 19.5. The average molecular weight is 369 g/mol. The maximum atomic E-state index is 11.9. The van der Waals surface area contributed by atoms with Crippen molar-refractivity contribution in [1.29, 1.82) is 0 Å². The van der Waals surface area contributed by atoms with E-state index < -0.39 is 5.97 Å². The number of carbonyl (C=O) groups is 3. The molecule has 0 atom stereocenters. The van der Waals surface area contributed by atoms with E-state index in [2.05, 4.69) is 5.32 Å². The number of hydrogen-bond donors (Lipinski definition) is 1. The number of benzene rings is 2. The van der Waals surface area contributed by atoms with E-state index in [0.717, 1.165) is 11.3 Å². The summed E-state index contributed by atoms with van der Waals surface area (Å²) >= 11 is 0. The first-order valence-corrected chi connectivity index (χ1v) is 8.72. The topological polar surface area (TPSA) is 81.7 Å². The fraction of sp³-hybridized carbons (Fsp3) is 0.286. The highest BCUT2D eigenvalue weighted by molar-refractivity contribution is 5.97.